The summed E-state index contributed by atoms with van der Waals surface area (Å²) in [7, 11) is 0. The van der Waals surface area contributed by atoms with Gasteiger partial charge in [-0.3, -0.25) is 0 Å². The fourth-order valence-electron chi connectivity index (χ4n) is 2.44. The van der Waals surface area contributed by atoms with E-state index in [0.717, 1.165) is 27.6 Å². The van der Waals surface area contributed by atoms with E-state index in [1.54, 1.807) is 0 Å². The van der Waals surface area contributed by atoms with Gasteiger partial charge in [-0.2, -0.15) is 0 Å². The number of fused-ring (bicyclic) bond motifs is 1. The SMILES string of the molecule is NCc1c(N)nc2ccc(Cl)cc2c1-c1ccccc1. The number of hydrogen-bond acceptors (Lipinski definition) is 3. The third-order valence-electron chi connectivity index (χ3n) is 3.35. The minimum atomic E-state index is 0.339. The van der Waals surface area contributed by atoms with Crippen molar-refractivity contribution < 1.29 is 0 Å². The molecule has 0 fully saturated rings. The van der Waals surface area contributed by atoms with Crippen LogP contribution in [0.4, 0.5) is 5.82 Å². The van der Waals surface area contributed by atoms with Gasteiger partial charge in [-0.25, -0.2) is 4.98 Å². The molecule has 3 nitrogen and oxygen atoms in total. The van der Waals surface area contributed by atoms with Crippen molar-refractivity contribution in [3.8, 4) is 11.1 Å². The maximum Gasteiger partial charge on any atom is 0.129 e. The highest BCUT2D eigenvalue weighted by Gasteiger charge is 2.14. The third kappa shape index (κ3) is 2.11. The van der Waals surface area contributed by atoms with Crippen molar-refractivity contribution in [2.45, 2.75) is 6.54 Å². The quantitative estimate of drug-likeness (QED) is 0.755. The minimum absolute atomic E-state index is 0.339. The van der Waals surface area contributed by atoms with Crippen LogP contribution in [0.15, 0.2) is 48.5 Å². The predicted octanol–water partition coefficient (Wildman–Crippen LogP) is 3.60. The van der Waals surface area contributed by atoms with Gasteiger partial charge < -0.3 is 11.5 Å². The second kappa shape index (κ2) is 5.12. The first kappa shape index (κ1) is 12.9. The number of aromatic nitrogens is 1. The highest BCUT2D eigenvalue weighted by Crippen LogP contribution is 2.35. The Morgan fingerprint density at radius 3 is 2.50 bits per heavy atom. The average molecular weight is 284 g/mol. The van der Waals surface area contributed by atoms with Crippen LogP contribution in [0.3, 0.4) is 0 Å². The lowest BCUT2D eigenvalue weighted by Crippen LogP contribution is -2.06. The van der Waals surface area contributed by atoms with Gasteiger partial charge in [0, 0.05) is 22.5 Å². The molecule has 0 spiro atoms. The summed E-state index contributed by atoms with van der Waals surface area (Å²) in [6, 6.07) is 15.6. The van der Waals surface area contributed by atoms with Crippen LogP contribution in [0.1, 0.15) is 5.56 Å². The smallest absolute Gasteiger partial charge is 0.129 e. The molecule has 0 saturated heterocycles. The summed E-state index contributed by atoms with van der Waals surface area (Å²) in [5.41, 5.74) is 15.7. The Kier molecular flexibility index (Phi) is 3.30. The number of benzene rings is 2. The Labute approximate surface area is 122 Å². The molecular formula is C16H14ClN3. The molecule has 100 valence electrons. The van der Waals surface area contributed by atoms with E-state index in [0.29, 0.717) is 17.4 Å². The molecule has 2 aromatic carbocycles. The second-order valence-electron chi connectivity index (χ2n) is 4.58. The van der Waals surface area contributed by atoms with Crippen molar-refractivity contribution in [3.05, 3.63) is 59.1 Å². The topological polar surface area (TPSA) is 64.9 Å². The van der Waals surface area contributed by atoms with Crippen LogP contribution >= 0.6 is 11.6 Å². The second-order valence-corrected chi connectivity index (χ2v) is 5.02. The molecule has 0 saturated carbocycles. The molecule has 0 unspecified atom stereocenters. The van der Waals surface area contributed by atoms with Crippen LogP contribution in [0.5, 0.6) is 0 Å². The van der Waals surface area contributed by atoms with Gasteiger partial charge in [0.15, 0.2) is 0 Å². The Bertz CT molecular complexity index is 770. The monoisotopic (exact) mass is 283 g/mol. The summed E-state index contributed by atoms with van der Waals surface area (Å²) in [5.74, 6) is 0.473. The number of nitrogens with two attached hydrogens (primary N) is 2. The van der Waals surface area contributed by atoms with Gasteiger partial charge >= 0.3 is 0 Å². The van der Waals surface area contributed by atoms with Gasteiger partial charge in [0.25, 0.3) is 0 Å². The molecule has 1 aromatic heterocycles. The first-order chi connectivity index (χ1) is 9.70. The zero-order valence-corrected chi connectivity index (χ0v) is 11.6. The number of anilines is 1. The molecule has 1 heterocycles. The average Bonchev–Trinajstić information content (AvgIpc) is 2.47. The number of nitrogen functional groups attached to an aromatic ring is 1. The standard InChI is InChI=1S/C16H14ClN3/c17-11-6-7-14-12(8-11)15(10-4-2-1-3-5-10)13(9-18)16(19)20-14/h1-8H,9,18H2,(H2,19,20). The Hall–Kier alpha value is -2.10. The van der Waals surface area contributed by atoms with E-state index in [-0.39, 0.29) is 0 Å². The maximum absolute atomic E-state index is 6.12. The number of nitrogens with zero attached hydrogens (tertiary/aromatic N) is 1. The van der Waals surface area contributed by atoms with Crippen LogP contribution in [0.2, 0.25) is 5.02 Å². The largest absolute Gasteiger partial charge is 0.383 e. The van der Waals surface area contributed by atoms with E-state index in [2.05, 4.69) is 4.98 Å². The molecule has 3 aromatic rings. The van der Waals surface area contributed by atoms with Gasteiger partial charge in [-0.15, -0.1) is 0 Å². The summed E-state index contributed by atoms with van der Waals surface area (Å²) in [6.07, 6.45) is 0. The van der Waals surface area contributed by atoms with Gasteiger partial charge in [0.05, 0.1) is 5.52 Å². The van der Waals surface area contributed by atoms with E-state index >= 15 is 0 Å². The van der Waals surface area contributed by atoms with Gasteiger partial charge in [-0.05, 0) is 29.3 Å². The van der Waals surface area contributed by atoms with Crippen LogP contribution in [-0.2, 0) is 6.54 Å². The molecule has 0 radical (unpaired) electrons. The summed E-state index contributed by atoms with van der Waals surface area (Å²) < 4.78 is 0. The minimum Gasteiger partial charge on any atom is -0.383 e. The molecule has 3 rings (SSSR count). The van der Waals surface area contributed by atoms with Crippen molar-refractivity contribution in [2.24, 2.45) is 5.73 Å². The summed E-state index contributed by atoms with van der Waals surface area (Å²) >= 11 is 6.12. The van der Waals surface area contributed by atoms with E-state index in [4.69, 9.17) is 23.1 Å². The van der Waals surface area contributed by atoms with Crippen LogP contribution < -0.4 is 11.5 Å². The first-order valence-electron chi connectivity index (χ1n) is 6.34. The van der Waals surface area contributed by atoms with Gasteiger partial charge in [0.1, 0.15) is 5.82 Å². The summed E-state index contributed by atoms with van der Waals surface area (Å²) in [5, 5.41) is 1.64. The zero-order valence-electron chi connectivity index (χ0n) is 10.8. The Balaban J connectivity index is 2.45. The van der Waals surface area contributed by atoms with Crippen molar-refractivity contribution in [1.82, 2.24) is 4.98 Å². The first-order valence-corrected chi connectivity index (χ1v) is 6.71. The highest BCUT2D eigenvalue weighted by atomic mass is 35.5. The van der Waals surface area contributed by atoms with Gasteiger partial charge in [0.2, 0.25) is 0 Å². The molecule has 0 atom stereocenters. The van der Waals surface area contributed by atoms with Crippen LogP contribution in [0.25, 0.3) is 22.0 Å². The lowest BCUT2D eigenvalue weighted by Gasteiger charge is -2.14. The molecule has 20 heavy (non-hydrogen) atoms. The molecule has 0 amide bonds. The Morgan fingerprint density at radius 2 is 1.80 bits per heavy atom. The van der Waals surface area contributed by atoms with E-state index in [9.17, 15) is 0 Å². The van der Waals surface area contributed by atoms with E-state index < -0.39 is 0 Å². The van der Waals surface area contributed by atoms with Crippen LogP contribution in [0, 0.1) is 0 Å². The molecule has 0 bridgehead atoms. The molecule has 0 aliphatic carbocycles. The predicted molar refractivity (Wildman–Crippen MR) is 84.5 cm³/mol. The van der Waals surface area contributed by atoms with Gasteiger partial charge in [-0.1, -0.05) is 41.9 Å². The molecule has 4 N–H and O–H groups in total. The third-order valence-corrected chi connectivity index (χ3v) is 3.58. The van der Waals surface area contributed by atoms with E-state index in [1.807, 2.05) is 48.5 Å². The lowest BCUT2D eigenvalue weighted by molar-refractivity contribution is 1.07. The fraction of sp³-hybridized carbons (Fsp3) is 0.0625. The summed E-state index contributed by atoms with van der Waals surface area (Å²) in [4.78, 5) is 4.41. The number of rotatable bonds is 2. The van der Waals surface area contributed by atoms with Crippen molar-refractivity contribution in [2.75, 3.05) is 5.73 Å². The zero-order chi connectivity index (χ0) is 14.1. The molecular weight excluding hydrogens is 270 g/mol. The molecule has 0 aliphatic rings. The summed E-state index contributed by atoms with van der Waals surface area (Å²) in [6.45, 7) is 0.339. The number of pyridine rings is 1. The Morgan fingerprint density at radius 1 is 1.05 bits per heavy atom. The van der Waals surface area contributed by atoms with Crippen LogP contribution in [-0.4, -0.2) is 4.98 Å². The van der Waals surface area contributed by atoms with Crippen molar-refractivity contribution in [1.29, 1.82) is 0 Å². The molecule has 0 aliphatic heterocycles. The molecule has 4 heteroatoms. The number of halogens is 1. The fourth-order valence-corrected chi connectivity index (χ4v) is 2.61. The van der Waals surface area contributed by atoms with Crippen molar-refractivity contribution >= 4 is 28.3 Å². The van der Waals surface area contributed by atoms with E-state index in [1.165, 1.54) is 0 Å². The maximum atomic E-state index is 6.12. The normalized spacial score (nSPS) is 10.9. The highest BCUT2D eigenvalue weighted by molar-refractivity contribution is 6.31. The van der Waals surface area contributed by atoms with Crippen molar-refractivity contribution in [3.63, 3.8) is 0 Å². The number of hydrogen-bond donors (Lipinski definition) is 2. The lowest BCUT2D eigenvalue weighted by atomic mass is 9.95.